The van der Waals surface area contributed by atoms with Gasteiger partial charge in [0.05, 0.1) is 33.5 Å². The fourth-order valence-electron chi connectivity index (χ4n) is 9.14. The summed E-state index contributed by atoms with van der Waals surface area (Å²) in [4.78, 5) is 10.1. The van der Waals surface area contributed by atoms with Gasteiger partial charge < -0.3 is 9.13 Å². The van der Waals surface area contributed by atoms with Crippen LogP contribution in [0.5, 0.6) is 0 Å². The molecule has 3 heterocycles. The molecule has 0 aliphatic rings. The van der Waals surface area contributed by atoms with Crippen molar-refractivity contribution in [2.45, 2.75) is 0 Å². The summed E-state index contributed by atoms with van der Waals surface area (Å²) in [5.41, 5.74) is 16.7. The normalized spacial score (nSPS) is 11.5. The monoisotopic (exact) mass is 790 g/mol. The fraction of sp³-hybridized carbons (Fsp3) is 0. The van der Waals surface area contributed by atoms with Crippen LogP contribution in [0.1, 0.15) is 0 Å². The maximum absolute atomic E-state index is 5.05. The van der Waals surface area contributed by atoms with Crippen LogP contribution in [0.4, 0.5) is 0 Å². The molecule has 3 aromatic heterocycles. The number of hydrogen-bond donors (Lipinski definition) is 0. The van der Waals surface area contributed by atoms with Crippen molar-refractivity contribution < 1.29 is 0 Å². The molecule has 0 spiro atoms. The smallest absolute Gasteiger partial charge is 0.160 e. The van der Waals surface area contributed by atoms with E-state index in [2.05, 4.69) is 203 Å². The molecule has 0 bridgehead atoms. The number of hydrogen-bond acceptors (Lipinski definition) is 2. The Hall–Kier alpha value is -8.34. The lowest BCUT2D eigenvalue weighted by Gasteiger charge is -2.11. The van der Waals surface area contributed by atoms with E-state index < -0.39 is 0 Å². The maximum Gasteiger partial charge on any atom is 0.160 e. The molecule has 0 radical (unpaired) electrons. The molecule has 0 aliphatic heterocycles. The number of nitrogens with zero attached hydrogens (tertiary/aromatic N) is 4. The second-order valence-electron chi connectivity index (χ2n) is 15.8. The summed E-state index contributed by atoms with van der Waals surface area (Å²) in [5.74, 6) is 0.706. The van der Waals surface area contributed by atoms with Gasteiger partial charge in [-0.2, -0.15) is 0 Å². The second-order valence-corrected chi connectivity index (χ2v) is 15.8. The zero-order chi connectivity index (χ0) is 41.0. The van der Waals surface area contributed by atoms with E-state index >= 15 is 0 Å². The van der Waals surface area contributed by atoms with Gasteiger partial charge >= 0.3 is 0 Å². The summed E-state index contributed by atoms with van der Waals surface area (Å²) in [7, 11) is 0. The maximum atomic E-state index is 5.05. The summed E-state index contributed by atoms with van der Waals surface area (Å²) < 4.78 is 4.75. The highest BCUT2D eigenvalue weighted by atomic mass is 15.0. The van der Waals surface area contributed by atoms with Gasteiger partial charge in [0.25, 0.3) is 0 Å². The average Bonchev–Trinajstić information content (AvgIpc) is 3.87. The van der Waals surface area contributed by atoms with Crippen LogP contribution >= 0.6 is 0 Å². The minimum atomic E-state index is 0.706. The summed E-state index contributed by atoms with van der Waals surface area (Å²) in [6.45, 7) is 0. The van der Waals surface area contributed by atoms with Crippen LogP contribution in [-0.2, 0) is 0 Å². The van der Waals surface area contributed by atoms with E-state index in [4.69, 9.17) is 9.97 Å². The lowest BCUT2D eigenvalue weighted by atomic mass is 10.0. The Labute approximate surface area is 359 Å². The van der Waals surface area contributed by atoms with Crippen molar-refractivity contribution in [3.8, 4) is 67.5 Å². The Balaban J connectivity index is 0.887. The van der Waals surface area contributed by atoms with Crippen LogP contribution < -0.4 is 0 Å². The van der Waals surface area contributed by atoms with Gasteiger partial charge in [-0.3, -0.25) is 0 Å². The first-order valence-electron chi connectivity index (χ1n) is 21.1. The molecule has 0 fully saturated rings. The molecule has 12 aromatic rings. The van der Waals surface area contributed by atoms with Crippen molar-refractivity contribution in [3.63, 3.8) is 0 Å². The molecule has 9 aromatic carbocycles. The van der Waals surface area contributed by atoms with Crippen LogP contribution in [0.25, 0.3) is 111 Å². The van der Waals surface area contributed by atoms with Gasteiger partial charge in [-0.15, -0.1) is 0 Å². The van der Waals surface area contributed by atoms with E-state index in [1.807, 2.05) is 36.4 Å². The van der Waals surface area contributed by atoms with E-state index in [1.54, 1.807) is 0 Å². The molecule has 290 valence electrons. The van der Waals surface area contributed by atoms with Gasteiger partial charge in [-0.05, 0) is 89.0 Å². The first kappa shape index (κ1) is 35.6. The number of para-hydroxylation sites is 3. The molecule has 4 heteroatoms. The van der Waals surface area contributed by atoms with Crippen molar-refractivity contribution in [1.82, 2.24) is 19.1 Å². The Morgan fingerprint density at radius 2 is 0.613 bits per heavy atom. The Kier molecular flexibility index (Phi) is 8.46. The van der Waals surface area contributed by atoms with Gasteiger partial charge in [0.1, 0.15) is 0 Å². The Morgan fingerprint density at radius 1 is 0.242 bits per heavy atom. The third-order valence-corrected chi connectivity index (χ3v) is 12.2. The zero-order valence-electron chi connectivity index (χ0n) is 33.7. The first-order valence-corrected chi connectivity index (χ1v) is 21.1. The SMILES string of the molecule is c1ccc(-c2cc(-c3ccccc3)nc(-c3ccc(-c4ccc5c(c4)c4ccccc4n5-c4ccc(-c5ccc6c(c5)c5ccccc5n6-c5ccccc5)cc4)cc3)n2)cc1. The predicted octanol–water partition coefficient (Wildman–Crippen LogP) is 15.0. The van der Waals surface area contributed by atoms with E-state index in [0.717, 1.165) is 44.9 Å². The number of fused-ring (bicyclic) bond motifs is 6. The molecule has 4 nitrogen and oxygen atoms in total. The van der Waals surface area contributed by atoms with Crippen molar-refractivity contribution in [2.24, 2.45) is 0 Å². The molecule has 0 saturated heterocycles. The van der Waals surface area contributed by atoms with E-state index in [0.29, 0.717) is 5.82 Å². The quantitative estimate of drug-likeness (QED) is 0.161. The van der Waals surface area contributed by atoms with Crippen LogP contribution in [0.15, 0.2) is 231 Å². The zero-order valence-corrected chi connectivity index (χ0v) is 33.7. The number of aromatic nitrogens is 4. The first-order chi connectivity index (χ1) is 30.7. The highest BCUT2D eigenvalue weighted by molar-refractivity contribution is 6.11. The van der Waals surface area contributed by atoms with Gasteiger partial charge in [0.2, 0.25) is 0 Å². The lowest BCUT2D eigenvalue weighted by molar-refractivity contribution is 1.18. The molecule has 0 saturated carbocycles. The topological polar surface area (TPSA) is 35.6 Å². The van der Waals surface area contributed by atoms with Gasteiger partial charge in [0, 0.05) is 49.6 Å². The highest BCUT2D eigenvalue weighted by Gasteiger charge is 2.16. The van der Waals surface area contributed by atoms with E-state index in [1.165, 1.54) is 60.4 Å². The molecule has 0 amide bonds. The van der Waals surface area contributed by atoms with Crippen LogP contribution in [0.3, 0.4) is 0 Å². The number of rotatable bonds is 7. The summed E-state index contributed by atoms with van der Waals surface area (Å²) in [6.07, 6.45) is 0. The van der Waals surface area contributed by atoms with Crippen LogP contribution in [0.2, 0.25) is 0 Å². The molecule has 62 heavy (non-hydrogen) atoms. The summed E-state index contributed by atoms with van der Waals surface area (Å²) >= 11 is 0. The standard InChI is InChI=1S/C58H38N4/c1-4-14-41(15-5-1)52-38-53(42-16-6-2-7-17-42)60-58(59-52)43-26-24-39(25-27-43)44-30-35-57-51(36-44)49-21-11-13-23-55(49)62(57)47-32-28-40(29-33-47)45-31-34-56-50(37-45)48-20-10-12-22-54(48)61(56)46-18-8-3-9-19-46/h1-38H. The third kappa shape index (κ3) is 6.08. The molecular formula is C58H38N4. The largest absolute Gasteiger partial charge is 0.309 e. The highest BCUT2D eigenvalue weighted by Crippen LogP contribution is 2.38. The number of benzene rings is 9. The second kappa shape index (κ2) is 14.7. The average molecular weight is 791 g/mol. The minimum Gasteiger partial charge on any atom is -0.309 e. The Bertz CT molecular complexity index is 3530. The van der Waals surface area contributed by atoms with E-state index in [-0.39, 0.29) is 0 Å². The van der Waals surface area contributed by atoms with E-state index in [9.17, 15) is 0 Å². The van der Waals surface area contributed by atoms with Gasteiger partial charge in [-0.1, -0.05) is 164 Å². The summed E-state index contributed by atoms with van der Waals surface area (Å²) in [5, 5.41) is 4.95. The van der Waals surface area contributed by atoms with Crippen molar-refractivity contribution in [2.75, 3.05) is 0 Å². The molecule has 0 aliphatic carbocycles. The molecule has 0 N–H and O–H groups in total. The molecule has 0 unspecified atom stereocenters. The summed E-state index contributed by atoms with van der Waals surface area (Å²) in [6, 6.07) is 82.1. The van der Waals surface area contributed by atoms with Gasteiger partial charge in [-0.25, -0.2) is 9.97 Å². The van der Waals surface area contributed by atoms with Gasteiger partial charge in [0.15, 0.2) is 5.82 Å². The lowest BCUT2D eigenvalue weighted by Crippen LogP contribution is -1.96. The predicted molar refractivity (Wildman–Crippen MR) is 258 cm³/mol. The third-order valence-electron chi connectivity index (χ3n) is 12.2. The van der Waals surface area contributed by atoms with Crippen molar-refractivity contribution in [3.05, 3.63) is 231 Å². The minimum absolute atomic E-state index is 0.706. The fourth-order valence-corrected chi connectivity index (χ4v) is 9.14. The van der Waals surface area contributed by atoms with Crippen LogP contribution in [0, 0.1) is 0 Å². The molecular weight excluding hydrogens is 753 g/mol. The van der Waals surface area contributed by atoms with Crippen molar-refractivity contribution >= 4 is 43.6 Å². The van der Waals surface area contributed by atoms with Crippen molar-refractivity contribution in [1.29, 1.82) is 0 Å². The Morgan fingerprint density at radius 3 is 1.11 bits per heavy atom. The van der Waals surface area contributed by atoms with Crippen LogP contribution in [-0.4, -0.2) is 19.1 Å². The molecule has 0 atom stereocenters. The molecule has 12 rings (SSSR count).